The molecular formula is C10H22N2O. The van der Waals surface area contributed by atoms with Crippen LogP contribution in [0.2, 0.25) is 0 Å². The first kappa shape index (κ1) is 11.0. The molecule has 0 aromatic heterocycles. The summed E-state index contributed by atoms with van der Waals surface area (Å²) < 4.78 is 5.62. The Morgan fingerprint density at radius 1 is 1.54 bits per heavy atom. The summed E-state index contributed by atoms with van der Waals surface area (Å²) in [4.78, 5) is 0. The van der Waals surface area contributed by atoms with Crippen LogP contribution in [-0.4, -0.2) is 31.5 Å². The Hall–Kier alpha value is -0.120. The molecule has 1 aliphatic rings. The minimum absolute atomic E-state index is 0.209. The maximum absolute atomic E-state index is 5.62. The summed E-state index contributed by atoms with van der Waals surface area (Å²) >= 11 is 0. The van der Waals surface area contributed by atoms with Gasteiger partial charge in [-0.05, 0) is 26.3 Å². The molecular weight excluding hydrogens is 164 g/mol. The highest BCUT2D eigenvalue weighted by Gasteiger charge is 2.24. The van der Waals surface area contributed by atoms with Gasteiger partial charge in [-0.1, -0.05) is 13.8 Å². The summed E-state index contributed by atoms with van der Waals surface area (Å²) in [5.41, 5.74) is 0. The van der Waals surface area contributed by atoms with Crippen LogP contribution in [0.1, 0.15) is 33.6 Å². The zero-order chi connectivity index (χ0) is 9.68. The SMILES string of the molecule is CCOC1NCCCC1NC(C)C. The van der Waals surface area contributed by atoms with Crippen molar-refractivity contribution in [2.75, 3.05) is 13.2 Å². The average Bonchev–Trinajstić information content (AvgIpc) is 2.08. The van der Waals surface area contributed by atoms with E-state index in [4.69, 9.17) is 4.74 Å². The van der Waals surface area contributed by atoms with Gasteiger partial charge in [-0.15, -0.1) is 0 Å². The highest BCUT2D eigenvalue weighted by molar-refractivity contribution is 4.81. The van der Waals surface area contributed by atoms with Crippen molar-refractivity contribution in [2.24, 2.45) is 0 Å². The molecule has 3 heteroatoms. The fourth-order valence-corrected chi connectivity index (χ4v) is 1.81. The number of hydrogen-bond donors (Lipinski definition) is 2. The van der Waals surface area contributed by atoms with Gasteiger partial charge in [-0.25, -0.2) is 0 Å². The molecule has 0 bridgehead atoms. The molecule has 0 spiro atoms. The van der Waals surface area contributed by atoms with Gasteiger partial charge >= 0.3 is 0 Å². The number of hydrogen-bond acceptors (Lipinski definition) is 3. The van der Waals surface area contributed by atoms with Crippen molar-refractivity contribution < 1.29 is 4.74 Å². The zero-order valence-electron chi connectivity index (χ0n) is 8.97. The van der Waals surface area contributed by atoms with Gasteiger partial charge in [-0.3, -0.25) is 5.32 Å². The van der Waals surface area contributed by atoms with E-state index in [1.54, 1.807) is 0 Å². The molecule has 1 saturated heterocycles. The fourth-order valence-electron chi connectivity index (χ4n) is 1.81. The molecule has 13 heavy (non-hydrogen) atoms. The molecule has 2 N–H and O–H groups in total. The van der Waals surface area contributed by atoms with E-state index in [9.17, 15) is 0 Å². The quantitative estimate of drug-likeness (QED) is 0.690. The molecule has 2 unspecified atom stereocenters. The van der Waals surface area contributed by atoms with Crippen LogP contribution >= 0.6 is 0 Å². The predicted octanol–water partition coefficient (Wildman–Crippen LogP) is 1.10. The molecule has 3 nitrogen and oxygen atoms in total. The number of nitrogens with one attached hydrogen (secondary N) is 2. The van der Waals surface area contributed by atoms with E-state index in [0.717, 1.165) is 13.2 Å². The number of ether oxygens (including phenoxy) is 1. The molecule has 0 saturated carbocycles. The van der Waals surface area contributed by atoms with E-state index >= 15 is 0 Å². The van der Waals surface area contributed by atoms with Crippen LogP contribution in [0.15, 0.2) is 0 Å². The van der Waals surface area contributed by atoms with Crippen LogP contribution in [0.5, 0.6) is 0 Å². The molecule has 1 aliphatic heterocycles. The van der Waals surface area contributed by atoms with Gasteiger partial charge in [0.25, 0.3) is 0 Å². The minimum atomic E-state index is 0.209. The van der Waals surface area contributed by atoms with Crippen LogP contribution < -0.4 is 10.6 Å². The largest absolute Gasteiger partial charge is 0.362 e. The maximum Gasteiger partial charge on any atom is 0.123 e. The number of rotatable bonds is 4. The predicted molar refractivity (Wildman–Crippen MR) is 54.7 cm³/mol. The van der Waals surface area contributed by atoms with Crippen LogP contribution in [0.3, 0.4) is 0 Å². The van der Waals surface area contributed by atoms with Crippen molar-refractivity contribution >= 4 is 0 Å². The van der Waals surface area contributed by atoms with Crippen LogP contribution in [-0.2, 0) is 4.74 Å². The molecule has 0 aromatic rings. The Morgan fingerprint density at radius 3 is 2.92 bits per heavy atom. The lowest BCUT2D eigenvalue weighted by Crippen LogP contribution is -2.54. The standard InChI is InChI=1S/C10H22N2O/c1-4-13-10-9(12-8(2)3)6-5-7-11-10/h8-12H,4-7H2,1-3H3. The van der Waals surface area contributed by atoms with E-state index in [2.05, 4.69) is 24.5 Å². The van der Waals surface area contributed by atoms with Crippen molar-refractivity contribution in [2.45, 2.75) is 51.9 Å². The number of piperidine rings is 1. The van der Waals surface area contributed by atoms with Gasteiger partial charge in [0.2, 0.25) is 0 Å². The van der Waals surface area contributed by atoms with Crippen molar-refractivity contribution in [1.29, 1.82) is 0 Å². The molecule has 2 atom stereocenters. The normalized spacial score (nSPS) is 29.5. The Kier molecular flexibility index (Phi) is 4.70. The first-order valence-corrected chi connectivity index (χ1v) is 5.35. The summed E-state index contributed by atoms with van der Waals surface area (Å²) in [6, 6.07) is 1.02. The third-order valence-corrected chi connectivity index (χ3v) is 2.30. The summed E-state index contributed by atoms with van der Waals surface area (Å²) in [7, 11) is 0. The lowest BCUT2D eigenvalue weighted by molar-refractivity contribution is -0.00574. The molecule has 0 aliphatic carbocycles. The Bertz CT molecular complexity index is 137. The molecule has 1 rings (SSSR count). The Balaban J connectivity index is 2.36. The summed E-state index contributed by atoms with van der Waals surface area (Å²) in [5, 5.41) is 6.92. The van der Waals surface area contributed by atoms with Gasteiger partial charge in [0, 0.05) is 18.7 Å². The van der Waals surface area contributed by atoms with Crippen molar-refractivity contribution in [3.05, 3.63) is 0 Å². The molecule has 1 fully saturated rings. The summed E-state index contributed by atoms with van der Waals surface area (Å²) in [6.07, 6.45) is 2.67. The van der Waals surface area contributed by atoms with E-state index in [1.165, 1.54) is 12.8 Å². The third-order valence-electron chi connectivity index (χ3n) is 2.30. The average molecular weight is 186 g/mol. The Labute approximate surface area is 81.2 Å². The van der Waals surface area contributed by atoms with Crippen LogP contribution in [0.4, 0.5) is 0 Å². The van der Waals surface area contributed by atoms with Gasteiger partial charge in [0.05, 0.1) is 0 Å². The fraction of sp³-hybridized carbons (Fsp3) is 1.00. The summed E-state index contributed by atoms with van der Waals surface area (Å²) in [6.45, 7) is 8.27. The van der Waals surface area contributed by atoms with Gasteiger partial charge in [0.1, 0.15) is 6.23 Å². The monoisotopic (exact) mass is 186 g/mol. The van der Waals surface area contributed by atoms with E-state index in [0.29, 0.717) is 12.1 Å². The second-order valence-electron chi connectivity index (χ2n) is 3.90. The van der Waals surface area contributed by atoms with Gasteiger partial charge < -0.3 is 10.1 Å². The zero-order valence-corrected chi connectivity index (χ0v) is 8.97. The second-order valence-corrected chi connectivity index (χ2v) is 3.90. The van der Waals surface area contributed by atoms with Crippen molar-refractivity contribution in [3.8, 4) is 0 Å². The van der Waals surface area contributed by atoms with E-state index in [1.807, 2.05) is 6.92 Å². The van der Waals surface area contributed by atoms with E-state index < -0.39 is 0 Å². The third kappa shape index (κ3) is 3.63. The van der Waals surface area contributed by atoms with Crippen LogP contribution in [0.25, 0.3) is 0 Å². The smallest absolute Gasteiger partial charge is 0.123 e. The van der Waals surface area contributed by atoms with Crippen molar-refractivity contribution in [3.63, 3.8) is 0 Å². The highest BCUT2D eigenvalue weighted by atomic mass is 16.5. The minimum Gasteiger partial charge on any atom is -0.362 e. The molecule has 0 aromatic carbocycles. The lowest BCUT2D eigenvalue weighted by atomic mass is 10.0. The first-order chi connectivity index (χ1) is 6.24. The molecule has 0 amide bonds. The van der Waals surface area contributed by atoms with Gasteiger partial charge in [-0.2, -0.15) is 0 Å². The van der Waals surface area contributed by atoms with Gasteiger partial charge in [0.15, 0.2) is 0 Å². The van der Waals surface area contributed by atoms with Crippen molar-refractivity contribution in [1.82, 2.24) is 10.6 Å². The maximum atomic E-state index is 5.62. The summed E-state index contributed by atoms with van der Waals surface area (Å²) in [5.74, 6) is 0. The topological polar surface area (TPSA) is 33.3 Å². The van der Waals surface area contributed by atoms with E-state index in [-0.39, 0.29) is 6.23 Å². The second kappa shape index (κ2) is 5.58. The first-order valence-electron chi connectivity index (χ1n) is 5.35. The molecule has 0 radical (unpaired) electrons. The van der Waals surface area contributed by atoms with Crippen LogP contribution in [0, 0.1) is 0 Å². The molecule has 78 valence electrons. The lowest BCUT2D eigenvalue weighted by Gasteiger charge is -2.34. The molecule has 1 heterocycles. The highest BCUT2D eigenvalue weighted by Crippen LogP contribution is 2.10. The Morgan fingerprint density at radius 2 is 2.31 bits per heavy atom.